The molecule has 1 aromatic heterocycles. The molecule has 1 heterocycles. The van der Waals surface area contributed by atoms with Crippen LogP contribution in [0.4, 0.5) is 26.3 Å². The zero-order valence-electron chi connectivity index (χ0n) is 16.2. The SMILES string of the molecule is O=C(NS(=O)(=O)c1ccccc1OC(F)(F)F)c1nnn(-c2c(Cl)cc(Cl)cc2Cl)c1C(F)(F)F. The number of ether oxygens (including phenoxy) is 1. The van der Waals surface area contributed by atoms with Crippen molar-refractivity contribution in [3.05, 3.63) is 62.9 Å². The maximum atomic E-state index is 13.8. The van der Waals surface area contributed by atoms with Gasteiger partial charge in [0.15, 0.2) is 11.4 Å². The van der Waals surface area contributed by atoms with E-state index in [-0.39, 0.29) is 9.70 Å². The molecule has 2 aromatic carbocycles. The topological polar surface area (TPSA) is 103 Å². The second-order valence-corrected chi connectivity index (χ2v) is 9.25. The number of carbonyl (C=O) groups excluding carboxylic acids is 1. The smallest absolute Gasteiger partial charge is 0.404 e. The summed E-state index contributed by atoms with van der Waals surface area (Å²) in [6.07, 6.45) is -10.7. The molecule has 8 nitrogen and oxygen atoms in total. The maximum absolute atomic E-state index is 13.8. The minimum atomic E-state index is -5.36. The van der Waals surface area contributed by atoms with Crippen molar-refractivity contribution in [2.24, 2.45) is 0 Å². The first-order valence-electron chi connectivity index (χ1n) is 8.61. The highest BCUT2D eigenvalue weighted by Crippen LogP contribution is 2.38. The molecule has 35 heavy (non-hydrogen) atoms. The molecule has 0 spiro atoms. The molecule has 0 aliphatic rings. The van der Waals surface area contributed by atoms with E-state index in [9.17, 15) is 39.6 Å². The van der Waals surface area contributed by atoms with Crippen LogP contribution in [0, 0.1) is 0 Å². The van der Waals surface area contributed by atoms with Crippen molar-refractivity contribution >= 4 is 50.7 Å². The van der Waals surface area contributed by atoms with E-state index in [1.54, 1.807) is 0 Å². The van der Waals surface area contributed by atoms with Crippen LogP contribution in [0.1, 0.15) is 16.2 Å². The van der Waals surface area contributed by atoms with Gasteiger partial charge in [0.05, 0.1) is 10.0 Å². The Hall–Kier alpha value is -2.75. The van der Waals surface area contributed by atoms with E-state index in [0.717, 1.165) is 24.3 Å². The lowest BCUT2D eigenvalue weighted by Gasteiger charge is -2.15. The molecule has 0 saturated carbocycles. The Morgan fingerprint density at radius 2 is 1.57 bits per heavy atom. The quantitative estimate of drug-likeness (QED) is 0.411. The van der Waals surface area contributed by atoms with Crippen molar-refractivity contribution in [1.82, 2.24) is 19.7 Å². The third-order valence-corrected chi connectivity index (χ3v) is 6.10. The van der Waals surface area contributed by atoms with Crippen molar-refractivity contribution in [3.63, 3.8) is 0 Å². The van der Waals surface area contributed by atoms with Crippen molar-refractivity contribution in [1.29, 1.82) is 0 Å². The molecular formula is C17H7Cl3F6N4O4S. The van der Waals surface area contributed by atoms with Crippen molar-refractivity contribution in [2.45, 2.75) is 17.4 Å². The van der Waals surface area contributed by atoms with Crippen molar-refractivity contribution in [2.75, 3.05) is 0 Å². The van der Waals surface area contributed by atoms with Crippen LogP contribution < -0.4 is 9.46 Å². The molecule has 1 amide bonds. The summed E-state index contributed by atoms with van der Waals surface area (Å²) in [4.78, 5) is 11.3. The number of hydrogen-bond acceptors (Lipinski definition) is 6. The second-order valence-electron chi connectivity index (χ2n) is 6.34. The van der Waals surface area contributed by atoms with Gasteiger partial charge in [-0.15, -0.1) is 18.3 Å². The predicted octanol–water partition coefficient (Wildman–Crippen LogP) is 5.26. The maximum Gasteiger partial charge on any atom is 0.573 e. The number of nitrogens with zero attached hydrogens (tertiary/aromatic N) is 3. The Bertz CT molecular complexity index is 1390. The molecule has 0 unspecified atom stereocenters. The van der Waals surface area contributed by atoms with Gasteiger partial charge in [0.25, 0.3) is 15.9 Å². The van der Waals surface area contributed by atoms with Gasteiger partial charge >= 0.3 is 12.5 Å². The Labute approximate surface area is 206 Å². The minimum Gasteiger partial charge on any atom is -0.404 e. The number of benzene rings is 2. The van der Waals surface area contributed by atoms with Crippen LogP contribution >= 0.6 is 34.8 Å². The number of nitrogens with one attached hydrogen (secondary N) is 1. The molecule has 0 aliphatic heterocycles. The Morgan fingerprint density at radius 3 is 2.11 bits per heavy atom. The van der Waals surface area contributed by atoms with E-state index in [1.165, 1.54) is 4.72 Å². The first kappa shape index (κ1) is 26.8. The first-order valence-corrected chi connectivity index (χ1v) is 11.2. The number of sulfonamides is 1. The molecule has 188 valence electrons. The highest BCUT2D eigenvalue weighted by Gasteiger charge is 2.43. The van der Waals surface area contributed by atoms with E-state index in [1.807, 2.05) is 0 Å². The standard InChI is InChI=1S/C17H7Cl3F6N4O4S/c18-7-5-8(19)13(9(20)6-7)30-14(16(21,22)23)12(27-29-30)15(31)28-35(32,33)11-4-2-1-3-10(11)34-17(24,25)26/h1-6H,(H,28,31). The van der Waals surface area contributed by atoms with Crippen LogP contribution in [-0.4, -0.2) is 35.7 Å². The van der Waals surface area contributed by atoms with E-state index in [4.69, 9.17) is 34.8 Å². The first-order chi connectivity index (χ1) is 16.0. The zero-order chi connectivity index (χ0) is 26.3. The lowest BCUT2D eigenvalue weighted by Crippen LogP contribution is -2.33. The Kier molecular flexibility index (Phi) is 7.19. The highest BCUT2D eigenvalue weighted by molar-refractivity contribution is 7.90. The summed E-state index contributed by atoms with van der Waals surface area (Å²) in [6.45, 7) is 0. The largest absolute Gasteiger partial charge is 0.573 e. The van der Waals surface area contributed by atoms with Gasteiger partial charge in [-0.25, -0.2) is 17.8 Å². The number of aromatic nitrogens is 3. The fourth-order valence-corrected chi connectivity index (χ4v) is 4.75. The molecule has 0 aliphatic carbocycles. The van der Waals surface area contributed by atoms with Crippen LogP contribution in [-0.2, 0) is 16.2 Å². The van der Waals surface area contributed by atoms with Gasteiger partial charge in [-0.2, -0.15) is 13.2 Å². The van der Waals surface area contributed by atoms with Gasteiger partial charge in [-0.3, -0.25) is 4.79 Å². The summed E-state index contributed by atoms with van der Waals surface area (Å²) in [5.74, 6) is -3.20. The van der Waals surface area contributed by atoms with Gasteiger partial charge < -0.3 is 4.74 Å². The fraction of sp³-hybridized carbons (Fsp3) is 0.118. The van der Waals surface area contributed by atoms with Gasteiger partial charge in [0.2, 0.25) is 0 Å². The summed E-state index contributed by atoms with van der Waals surface area (Å²) in [7, 11) is -5.19. The molecule has 3 aromatic rings. The van der Waals surface area contributed by atoms with Crippen molar-refractivity contribution < 1.29 is 44.3 Å². The monoisotopic (exact) mass is 582 g/mol. The number of halogens is 9. The molecule has 3 rings (SSSR count). The molecule has 0 atom stereocenters. The summed E-state index contributed by atoms with van der Waals surface area (Å²) >= 11 is 17.6. The van der Waals surface area contributed by atoms with Crippen LogP contribution in [0.5, 0.6) is 5.75 Å². The van der Waals surface area contributed by atoms with Crippen LogP contribution in [0.25, 0.3) is 5.69 Å². The van der Waals surface area contributed by atoms with Gasteiger partial charge in [0.1, 0.15) is 16.3 Å². The lowest BCUT2D eigenvalue weighted by atomic mass is 10.2. The summed E-state index contributed by atoms with van der Waals surface area (Å²) in [6, 6.07) is 5.28. The van der Waals surface area contributed by atoms with E-state index in [0.29, 0.717) is 12.1 Å². The third-order valence-electron chi connectivity index (χ3n) is 3.94. The molecule has 18 heteroatoms. The normalized spacial score (nSPS) is 12.5. The second kappa shape index (κ2) is 9.37. The minimum absolute atomic E-state index is 0.0405. The summed E-state index contributed by atoms with van der Waals surface area (Å²) in [5.41, 5.74) is -4.00. The predicted molar refractivity (Wildman–Crippen MR) is 109 cm³/mol. The average molecular weight is 584 g/mol. The number of carbonyl (C=O) groups is 1. The fourth-order valence-electron chi connectivity index (χ4n) is 2.69. The molecule has 1 N–H and O–H groups in total. The Balaban J connectivity index is 2.08. The van der Waals surface area contributed by atoms with Crippen LogP contribution in [0.15, 0.2) is 41.3 Å². The molecule has 0 radical (unpaired) electrons. The van der Waals surface area contributed by atoms with E-state index < -0.39 is 66.2 Å². The van der Waals surface area contributed by atoms with Crippen LogP contribution in [0.2, 0.25) is 15.1 Å². The molecular weight excluding hydrogens is 577 g/mol. The van der Waals surface area contributed by atoms with Gasteiger partial charge in [-0.05, 0) is 24.3 Å². The number of rotatable bonds is 5. The molecule has 0 bridgehead atoms. The van der Waals surface area contributed by atoms with E-state index in [2.05, 4.69) is 15.0 Å². The third kappa shape index (κ3) is 5.91. The number of hydrogen-bond donors (Lipinski definition) is 1. The van der Waals surface area contributed by atoms with E-state index >= 15 is 0 Å². The van der Waals surface area contributed by atoms with Gasteiger partial charge in [0, 0.05) is 5.02 Å². The Morgan fingerprint density at radius 1 is 1.00 bits per heavy atom. The summed E-state index contributed by atoms with van der Waals surface area (Å²) < 4.78 is 109. The van der Waals surface area contributed by atoms with Gasteiger partial charge in [-0.1, -0.05) is 52.1 Å². The summed E-state index contributed by atoms with van der Waals surface area (Å²) in [5, 5.41) is 5.40. The number of alkyl halides is 6. The molecule has 0 fully saturated rings. The zero-order valence-corrected chi connectivity index (χ0v) is 19.3. The lowest BCUT2D eigenvalue weighted by molar-refractivity contribution is -0.275. The average Bonchev–Trinajstić information content (AvgIpc) is 3.11. The van der Waals surface area contributed by atoms with Crippen molar-refractivity contribution in [3.8, 4) is 11.4 Å². The number of para-hydroxylation sites is 1. The van der Waals surface area contributed by atoms with Crippen LogP contribution in [0.3, 0.4) is 0 Å². The number of amides is 1. The molecule has 0 saturated heterocycles. The highest BCUT2D eigenvalue weighted by atomic mass is 35.5.